The number of carbonyl (C=O) groups excluding carboxylic acids is 1. The molecule has 0 spiro atoms. The van der Waals surface area contributed by atoms with E-state index in [-0.39, 0.29) is 5.91 Å². The lowest BCUT2D eigenvalue weighted by molar-refractivity contribution is -0.144. The van der Waals surface area contributed by atoms with Crippen LogP contribution in [-0.4, -0.2) is 23.1 Å². The summed E-state index contributed by atoms with van der Waals surface area (Å²) in [5.41, 5.74) is 3.62. The summed E-state index contributed by atoms with van der Waals surface area (Å²) in [6.45, 7) is 1.92. The molecule has 2 aliphatic heterocycles. The summed E-state index contributed by atoms with van der Waals surface area (Å²) in [7, 11) is 0. The number of carbonyl (C=O) groups is 2. The van der Waals surface area contributed by atoms with Crippen molar-refractivity contribution in [2.45, 2.75) is 32.3 Å². The third-order valence-electron chi connectivity index (χ3n) is 3.46. The van der Waals surface area contributed by atoms with Gasteiger partial charge >= 0.3 is 5.97 Å². The third kappa shape index (κ3) is 1.54. The van der Waals surface area contributed by atoms with Crippen molar-refractivity contribution in [1.82, 2.24) is 0 Å². The van der Waals surface area contributed by atoms with E-state index in [1.165, 1.54) is 0 Å². The first-order chi connectivity index (χ1) is 8.56. The number of amides is 1. The molecule has 0 fully saturated rings. The van der Waals surface area contributed by atoms with E-state index in [1.807, 2.05) is 13.0 Å². The van der Waals surface area contributed by atoms with E-state index in [2.05, 4.69) is 5.32 Å². The van der Waals surface area contributed by atoms with E-state index in [9.17, 15) is 9.59 Å². The van der Waals surface area contributed by atoms with Gasteiger partial charge in [0.25, 0.3) is 0 Å². The van der Waals surface area contributed by atoms with Gasteiger partial charge in [0.05, 0.1) is 5.69 Å². The van der Waals surface area contributed by atoms with Crippen molar-refractivity contribution in [1.29, 1.82) is 0 Å². The van der Waals surface area contributed by atoms with Crippen LogP contribution in [0.5, 0.6) is 5.75 Å². The number of carboxylic acids is 1. The van der Waals surface area contributed by atoms with E-state index in [4.69, 9.17) is 9.84 Å². The van der Waals surface area contributed by atoms with Crippen LogP contribution >= 0.6 is 0 Å². The SMILES string of the molecule is Cc1cc2c(c3c1NC(=O)CC3)OC(C(=O)O)C2. The first-order valence-corrected chi connectivity index (χ1v) is 5.91. The van der Waals surface area contributed by atoms with E-state index < -0.39 is 12.1 Å². The summed E-state index contributed by atoms with van der Waals surface area (Å²) in [4.78, 5) is 22.4. The summed E-state index contributed by atoms with van der Waals surface area (Å²) in [6.07, 6.45) is 0.623. The first-order valence-electron chi connectivity index (χ1n) is 5.91. The number of hydrogen-bond donors (Lipinski definition) is 2. The molecule has 2 N–H and O–H groups in total. The van der Waals surface area contributed by atoms with Crippen molar-refractivity contribution >= 4 is 17.6 Å². The monoisotopic (exact) mass is 247 g/mol. The molecule has 0 aromatic heterocycles. The maximum atomic E-state index is 11.4. The Kier molecular flexibility index (Phi) is 2.29. The topological polar surface area (TPSA) is 75.6 Å². The van der Waals surface area contributed by atoms with Gasteiger partial charge in [-0.25, -0.2) is 4.79 Å². The Bertz CT molecular complexity index is 565. The van der Waals surface area contributed by atoms with Crippen molar-refractivity contribution in [3.8, 4) is 5.75 Å². The molecule has 18 heavy (non-hydrogen) atoms. The lowest BCUT2D eigenvalue weighted by Crippen LogP contribution is -2.25. The van der Waals surface area contributed by atoms with Gasteiger partial charge in [-0.15, -0.1) is 0 Å². The lowest BCUT2D eigenvalue weighted by atomic mass is 9.94. The minimum absolute atomic E-state index is 0.00154. The van der Waals surface area contributed by atoms with Gasteiger partial charge in [0.15, 0.2) is 6.10 Å². The fourth-order valence-electron chi connectivity index (χ4n) is 2.62. The molecule has 0 saturated heterocycles. The fraction of sp³-hybridized carbons (Fsp3) is 0.385. The molecule has 5 nitrogen and oxygen atoms in total. The highest BCUT2D eigenvalue weighted by Crippen LogP contribution is 2.41. The maximum absolute atomic E-state index is 11.4. The zero-order valence-electron chi connectivity index (χ0n) is 9.95. The highest BCUT2D eigenvalue weighted by Gasteiger charge is 2.33. The molecule has 3 rings (SSSR count). The van der Waals surface area contributed by atoms with Gasteiger partial charge in [-0.1, -0.05) is 6.07 Å². The second kappa shape index (κ2) is 3.73. The number of carboxylic acid groups (broad SMARTS) is 1. The minimum Gasteiger partial charge on any atom is -0.478 e. The zero-order valence-corrected chi connectivity index (χ0v) is 9.95. The van der Waals surface area contributed by atoms with Crippen molar-refractivity contribution in [3.63, 3.8) is 0 Å². The van der Waals surface area contributed by atoms with Crippen molar-refractivity contribution in [2.24, 2.45) is 0 Å². The average molecular weight is 247 g/mol. The molecule has 2 aliphatic rings. The number of rotatable bonds is 1. The Balaban J connectivity index is 2.08. The van der Waals surface area contributed by atoms with Gasteiger partial charge in [-0.05, 0) is 24.5 Å². The highest BCUT2D eigenvalue weighted by atomic mass is 16.5. The second-order valence-corrected chi connectivity index (χ2v) is 4.73. The van der Waals surface area contributed by atoms with Crippen molar-refractivity contribution in [2.75, 3.05) is 5.32 Å². The molecule has 5 heteroatoms. The standard InChI is InChI=1S/C13H13NO4/c1-6-4-7-5-9(13(16)17)18-12(7)8-2-3-10(15)14-11(6)8/h4,9H,2-3,5H2,1H3,(H,14,15)(H,16,17). The molecule has 94 valence electrons. The quantitative estimate of drug-likeness (QED) is 0.783. The number of nitrogens with one attached hydrogen (secondary N) is 1. The molecular weight excluding hydrogens is 234 g/mol. The number of aliphatic carboxylic acids is 1. The smallest absolute Gasteiger partial charge is 0.345 e. The van der Waals surface area contributed by atoms with Crippen LogP contribution in [0.15, 0.2) is 6.07 Å². The number of anilines is 1. The molecular formula is C13H13NO4. The van der Waals surface area contributed by atoms with Crippen LogP contribution < -0.4 is 10.1 Å². The molecule has 0 bridgehead atoms. The summed E-state index contributed by atoms with van der Waals surface area (Å²) in [5, 5.41) is 11.8. The van der Waals surface area contributed by atoms with Gasteiger partial charge in [0.1, 0.15) is 5.75 Å². The third-order valence-corrected chi connectivity index (χ3v) is 3.46. The first kappa shape index (κ1) is 11.1. The van der Waals surface area contributed by atoms with Gasteiger partial charge in [-0.2, -0.15) is 0 Å². The van der Waals surface area contributed by atoms with Gasteiger partial charge < -0.3 is 15.2 Å². The normalized spacial score (nSPS) is 20.7. The van der Waals surface area contributed by atoms with Crippen LogP contribution in [0.4, 0.5) is 5.69 Å². The summed E-state index contributed by atoms with van der Waals surface area (Å²) < 4.78 is 5.51. The Morgan fingerprint density at radius 3 is 3.00 bits per heavy atom. The van der Waals surface area contributed by atoms with Gasteiger partial charge in [0, 0.05) is 18.4 Å². The predicted octanol–water partition coefficient (Wildman–Crippen LogP) is 1.27. The average Bonchev–Trinajstić information content (AvgIpc) is 2.73. The highest BCUT2D eigenvalue weighted by molar-refractivity contribution is 5.96. The molecule has 1 aromatic rings. The zero-order chi connectivity index (χ0) is 12.9. The summed E-state index contributed by atoms with van der Waals surface area (Å²) in [6, 6.07) is 1.91. The maximum Gasteiger partial charge on any atom is 0.345 e. The fourth-order valence-corrected chi connectivity index (χ4v) is 2.62. The van der Waals surface area contributed by atoms with Crippen LogP contribution in [0.2, 0.25) is 0 Å². The number of benzene rings is 1. The van der Waals surface area contributed by atoms with Crippen LogP contribution in [0.1, 0.15) is 23.1 Å². The van der Waals surface area contributed by atoms with E-state index in [0.29, 0.717) is 25.0 Å². The van der Waals surface area contributed by atoms with Gasteiger partial charge in [-0.3, -0.25) is 4.79 Å². The van der Waals surface area contributed by atoms with Crippen LogP contribution in [0.3, 0.4) is 0 Å². The lowest BCUT2D eigenvalue weighted by Gasteiger charge is -2.21. The number of ether oxygens (including phenoxy) is 1. The molecule has 2 heterocycles. The molecule has 0 saturated carbocycles. The molecule has 1 aromatic carbocycles. The Labute approximate surface area is 104 Å². The van der Waals surface area contributed by atoms with E-state index in [0.717, 1.165) is 22.4 Å². The largest absolute Gasteiger partial charge is 0.478 e. The van der Waals surface area contributed by atoms with Crippen LogP contribution in [-0.2, 0) is 22.4 Å². The molecule has 1 atom stereocenters. The number of aryl methyl sites for hydroxylation is 1. The number of fused-ring (bicyclic) bond motifs is 3. The Morgan fingerprint density at radius 1 is 1.50 bits per heavy atom. The molecule has 1 unspecified atom stereocenters. The van der Waals surface area contributed by atoms with Gasteiger partial charge in [0.2, 0.25) is 5.91 Å². The van der Waals surface area contributed by atoms with E-state index >= 15 is 0 Å². The predicted molar refractivity (Wildman–Crippen MR) is 63.9 cm³/mol. The Hall–Kier alpha value is -2.04. The molecule has 1 amide bonds. The van der Waals surface area contributed by atoms with Crippen LogP contribution in [0.25, 0.3) is 0 Å². The second-order valence-electron chi connectivity index (χ2n) is 4.73. The summed E-state index contributed by atoms with van der Waals surface area (Å²) in [5.74, 6) is -0.293. The van der Waals surface area contributed by atoms with E-state index in [1.54, 1.807) is 0 Å². The minimum atomic E-state index is -0.947. The van der Waals surface area contributed by atoms with Crippen molar-refractivity contribution in [3.05, 3.63) is 22.8 Å². The van der Waals surface area contributed by atoms with Crippen molar-refractivity contribution < 1.29 is 19.4 Å². The molecule has 0 radical (unpaired) electrons. The molecule has 0 aliphatic carbocycles. The summed E-state index contributed by atoms with van der Waals surface area (Å²) >= 11 is 0. The number of hydrogen-bond acceptors (Lipinski definition) is 3. The van der Waals surface area contributed by atoms with Crippen LogP contribution in [0, 0.1) is 6.92 Å². The Morgan fingerprint density at radius 2 is 2.28 bits per heavy atom.